The number of amides is 1. The molecule has 1 heterocycles. The quantitative estimate of drug-likeness (QED) is 0.671. The first kappa shape index (κ1) is 22.3. The van der Waals surface area contributed by atoms with Crippen molar-refractivity contribution in [2.24, 2.45) is 0 Å². The summed E-state index contributed by atoms with van der Waals surface area (Å²) in [6.07, 6.45) is 0.973. The minimum Gasteiger partial charge on any atom is -0.378 e. The normalized spacial score (nSPS) is 14.5. The lowest BCUT2D eigenvalue weighted by Crippen LogP contribution is -2.36. The summed E-state index contributed by atoms with van der Waals surface area (Å²) >= 11 is 0. The highest BCUT2D eigenvalue weighted by Gasteiger charge is 2.17. The summed E-state index contributed by atoms with van der Waals surface area (Å²) in [6.45, 7) is 7.07. The van der Waals surface area contributed by atoms with Crippen molar-refractivity contribution in [2.45, 2.75) is 31.6 Å². The third kappa shape index (κ3) is 5.81. The van der Waals surface area contributed by atoms with Gasteiger partial charge in [-0.3, -0.25) is 4.79 Å². The van der Waals surface area contributed by atoms with Gasteiger partial charge >= 0.3 is 0 Å². The largest absolute Gasteiger partial charge is 0.378 e. The number of ether oxygens (including phenoxy) is 1. The van der Waals surface area contributed by atoms with Crippen molar-refractivity contribution >= 4 is 27.3 Å². The van der Waals surface area contributed by atoms with Gasteiger partial charge in [0.25, 0.3) is 0 Å². The molecule has 1 fully saturated rings. The van der Waals surface area contributed by atoms with E-state index < -0.39 is 10.0 Å². The number of hydrogen-bond donors (Lipinski definition) is 2. The van der Waals surface area contributed by atoms with Crippen LogP contribution in [0.4, 0.5) is 11.4 Å². The Balaban J connectivity index is 1.56. The number of nitrogens with one attached hydrogen (secondary N) is 2. The number of carbonyl (C=O) groups is 1. The van der Waals surface area contributed by atoms with E-state index in [1.54, 1.807) is 26.0 Å². The first-order chi connectivity index (χ1) is 14.4. The van der Waals surface area contributed by atoms with Crippen molar-refractivity contribution in [2.75, 3.05) is 43.1 Å². The molecule has 0 spiro atoms. The van der Waals surface area contributed by atoms with Gasteiger partial charge in [0, 0.05) is 37.4 Å². The summed E-state index contributed by atoms with van der Waals surface area (Å²) in [5.74, 6) is -0.109. The van der Waals surface area contributed by atoms with Crippen LogP contribution >= 0.6 is 0 Å². The van der Waals surface area contributed by atoms with Crippen molar-refractivity contribution in [1.29, 1.82) is 0 Å². The molecule has 0 unspecified atom stereocenters. The maximum atomic E-state index is 12.7. The van der Waals surface area contributed by atoms with Gasteiger partial charge in [-0.1, -0.05) is 19.1 Å². The molecule has 1 aliphatic heterocycles. The minimum absolute atomic E-state index is 0.109. The Morgan fingerprint density at radius 3 is 2.43 bits per heavy atom. The summed E-state index contributed by atoms with van der Waals surface area (Å²) in [5.41, 5.74) is 3.42. The highest BCUT2D eigenvalue weighted by molar-refractivity contribution is 7.89. The van der Waals surface area contributed by atoms with Gasteiger partial charge in [0.15, 0.2) is 0 Å². The van der Waals surface area contributed by atoms with E-state index in [2.05, 4.69) is 27.1 Å². The molecule has 2 aromatic rings. The Kier molecular flexibility index (Phi) is 7.47. The molecule has 1 saturated heterocycles. The summed E-state index contributed by atoms with van der Waals surface area (Å²) in [6, 6.07) is 13.0. The number of carbonyl (C=O) groups excluding carboxylic acids is 1. The lowest BCUT2D eigenvalue weighted by atomic mass is 10.1. The van der Waals surface area contributed by atoms with Gasteiger partial charge in [0.1, 0.15) is 0 Å². The molecule has 162 valence electrons. The highest BCUT2D eigenvalue weighted by Crippen LogP contribution is 2.20. The van der Waals surface area contributed by atoms with Gasteiger partial charge in [0.05, 0.1) is 18.1 Å². The Morgan fingerprint density at radius 2 is 1.80 bits per heavy atom. The van der Waals surface area contributed by atoms with Crippen LogP contribution in [0.25, 0.3) is 0 Å². The number of rotatable bonds is 8. The molecule has 8 heteroatoms. The third-order valence-electron chi connectivity index (χ3n) is 5.09. The maximum absolute atomic E-state index is 12.7. The van der Waals surface area contributed by atoms with E-state index >= 15 is 0 Å². The Bertz CT molecular complexity index is 968. The second-order valence-electron chi connectivity index (χ2n) is 7.30. The van der Waals surface area contributed by atoms with Crippen LogP contribution in [0.5, 0.6) is 0 Å². The monoisotopic (exact) mass is 431 g/mol. The van der Waals surface area contributed by atoms with Gasteiger partial charge in [-0.2, -0.15) is 0 Å². The molecule has 1 amide bonds. The molecule has 3 rings (SSSR count). The van der Waals surface area contributed by atoms with Crippen molar-refractivity contribution in [3.8, 4) is 0 Å². The van der Waals surface area contributed by atoms with E-state index in [0.29, 0.717) is 30.6 Å². The Hall–Kier alpha value is -2.42. The standard InChI is InChI=1S/C22H29N3O4S/c1-3-22(26)24-19-6-9-21(17(2)16-19)30(27,28)23-11-10-18-4-7-20(8-5-18)25-12-14-29-15-13-25/h4-9,16,23H,3,10-15H2,1-2H3,(H,24,26). The van der Waals surface area contributed by atoms with E-state index in [1.807, 2.05) is 12.1 Å². The Labute approximate surface area is 178 Å². The van der Waals surface area contributed by atoms with Crippen LogP contribution in [0.3, 0.4) is 0 Å². The molecule has 0 saturated carbocycles. The zero-order valence-corrected chi connectivity index (χ0v) is 18.3. The van der Waals surface area contributed by atoms with E-state index in [0.717, 1.165) is 37.6 Å². The first-order valence-corrected chi connectivity index (χ1v) is 11.7. The molecule has 7 nitrogen and oxygen atoms in total. The topological polar surface area (TPSA) is 87.7 Å². The van der Waals surface area contributed by atoms with Gasteiger partial charge in [0.2, 0.25) is 15.9 Å². The fourth-order valence-electron chi connectivity index (χ4n) is 3.38. The van der Waals surface area contributed by atoms with E-state index in [9.17, 15) is 13.2 Å². The summed E-state index contributed by atoms with van der Waals surface area (Å²) in [5, 5.41) is 2.74. The fourth-order valence-corrected chi connectivity index (χ4v) is 4.64. The minimum atomic E-state index is -3.62. The van der Waals surface area contributed by atoms with Crippen LogP contribution in [-0.2, 0) is 26.0 Å². The van der Waals surface area contributed by atoms with Crippen LogP contribution in [0.2, 0.25) is 0 Å². The van der Waals surface area contributed by atoms with Crippen LogP contribution in [0, 0.1) is 6.92 Å². The molecule has 30 heavy (non-hydrogen) atoms. The molecule has 2 N–H and O–H groups in total. The van der Waals surface area contributed by atoms with Crippen molar-refractivity contribution in [3.05, 3.63) is 53.6 Å². The number of nitrogens with zero attached hydrogens (tertiary/aromatic N) is 1. The van der Waals surface area contributed by atoms with Gasteiger partial charge in [-0.25, -0.2) is 13.1 Å². The molecule has 0 aliphatic carbocycles. The molecule has 0 aromatic heterocycles. The third-order valence-corrected chi connectivity index (χ3v) is 6.71. The number of benzene rings is 2. The number of hydrogen-bond acceptors (Lipinski definition) is 5. The summed E-state index contributed by atoms with van der Waals surface area (Å²) < 4.78 is 33.4. The van der Waals surface area contributed by atoms with E-state index in [1.165, 1.54) is 6.07 Å². The lowest BCUT2D eigenvalue weighted by molar-refractivity contribution is -0.115. The SMILES string of the molecule is CCC(=O)Nc1ccc(S(=O)(=O)NCCc2ccc(N3CCOCC3)cc2)c(C)c1. The van der Waals surface area contributed by atoms with Gasteiger partial charge in [-0.15, -0.1) is 0 Å². The molecule has 1 aliphatic rings. The van der Waals surface area contributed by atoms with Crippen LogP contribution < -0.4 is 14.9 Å². The fraction of sp³-hybridized carbons (Fsp3) is 0.409. The molecule has 0 radical (unpaired) electrons. The van der Waals surface area contributed by atoms with Crippen LogP contribution in [-0.4, -0.2) is 47.2 Å². The average Bonchev–Trinajstić information content (AvgIpc) is 2.74. The second-order valence-corrected chi connectivity index (χ2v) is 9.03. The molecular formula is C22H29N3O4S. The van der Waals surface area contributed by atoms with Gasteiger partial charge in [-0.05, 0) is 54.8 Å². The Morgan fingerprint density at radius 1 is 1.10 bits per heavy atom. The lowest BCUT2D eigenvalue weighted by Gasteiger charge is -2.28. The number of sulfonamides is 1. The molecular weight excluding hydrogens is 402 g/mol. The van der Waals surface area contributed by atoms with Gasteiger partial charge < -0.3 is 15.0 Å². The van der Waals surface area contributed by atoms with Crippen molar-refractivity contribution < 1.29 is 17.9 Å². The molecule has 0 bridgehead atoms. The van der Waals surface area contributed by atoms with E-state index in [4.69, 9.17) is 4.74 Å². The van der Waals surface area contributed by atoms with Crippen LogP contribution in [0.15, 0.2) is 47.4 Å². The zero-order chi connectivity index (χ0) is 21.6. The van der Waals surface area contributed by atoms with Crippen molar-refractivity contribution in [3.63, 3.8) is 0 Å². The maximum Gasteiger partial charge on any atom is 0.240 e. The predicted octanol–water partition coefficient (Wildman–Crippen LogP) is 2.70. The highest BCUT2D eigenvalue weighted by atomic mass is 32.2. The molecule has 0 atom stereocenters. The van der Waals surface area contributed by atoms with Crippen molar-refractivity contribution in [1.82, 2.24) is 4.72 Å². The predicted molar refractivity (Wildman–Crippen MR) is 118 cm³/mol. The smallest absolute Gasteiger partial charge is 0.240 e. The zero-order valence-electron chi connectivity index (χ0n) is 17.5. The van der Waals surface area contributed by atoms with E-state index in [-0.39, 0.29) is 10.8 Å². The number of anilines is 2. The van der Waals surface area contributed by atoms with Crippen LogP contribution in [0.1, 0.15) is 24.5 Å². The average molecular weight is 432 g/mol. The first-order valence-electron chi connectivity index (χ1n) is 10.2. The summed E-state index contributed by atoms with van der Waals surface area (Å²) in [7, 11) is -3.62. The number of morpholine rings is 1. The second kappa shape index (κ2) is 10.1. The number of aryl methyl sites for hydroxylation is 1. The molecule has 2 aromatic carbocycles. The summed E-state index contributed by atoms with van der Waals surface area (Å²) in [4.78, 5) is 14.0.